The Balaban J connectivity index is 2.99. The average Bonchev–Trinajstić information content (AvgIpc) is 2.60. The molecule has 24 heavy (non-hydrogen) atoms. The lowest BCUT2D eigenvalue weighted by molar-refractivity contribution is 0.332. The van der Waals surface area contributed by atoms with E-state index in [0.717, 1.165) is 11.3 Å². The van der Waals surface area contributed by atoms with E-state index < -0.39 is 0 Å². The van der Waals surface area contributed by atoms with E-state index in [0.29, 0.717) is 0 Å². The fourth-order valence-electron chi connectivity index (χ4n) is 3.01. The maximum absolute atomic E-state index is 8.87. The molecule has 0 atom stereocenters. The van der Waals surface area contributed by atoms with Crippen molar-refractivity contribution in [3.05, 3.63) is 12.2 Å². The smallest absolute Gasteiger partial charge is 0.0647 e. The number of hydrogen-bond donors (Lipinski definition) is 1. The lowest BCUT2D eigenvalue weighted by Gasteiger charge is -2.04. The normalized spacial score (nSPS) is 11.1. The highest BCUT2D eigenvalue weighted by Crippen LogP contribution is 2.15. The zero-order valence-electron chi connectivity index (χ0n) is 16.5. The Labute approximate surface area is 157 Å². The van der Waals surface area contributed by atoms with Gasteiger partial charge in [-0.25, -0.2) is 0 Å². The molecule has 0 fully saturated rings. The summed E-state index contributed by atoms with van der Waals surface area (Å²) in [7, 11) is 0. The number of rotatable bonds is 20. The molecule has 0 aliphatic rings. The molecule has 0 saturated heterocycles. The molecule has 0 unspecified atom stereocenters. The van der Waals surface area contributed by atoms with Crippen LogP contribution in [0.3, 0.4) is 0 Å². The number of aliphatic hydroxyl groups excluding tert-OH is 1. The molecule has 0 aromatic heterocycles. The summed E-state index contributed by atoms with van der Waals surface area (Å²) >= 11 is 1.91. The summed E-state index contributed by atoms with van der Waals surface area (Å²) < 4.78 is 0. The highest BCUT2D eigenvalue weighted by Gasteiger charge is 1.96. The number of thioether (sulfide) groups is 1. The van der Waals surface area contributed by atoms with Crippen molar-refractivity contribution in [1.29, 1.82) is 0 Å². The Bertz CT molecular complexity index is 252. The van der Waals surface area contributed by atoms with Gasteiger partial charge in [0.1, 0.15) is 0 Å². The van der Waals surface area contributed by atoms with E-state index >= 15 is 0 Å². The van der Waals surface area contributed by atoms with Crippen molar-refractivity contribution in [3.8, 4) is 0 Å². The Kier molecular flexibility index (Phi) is 21.1. The zero-order chi connectivity index (χ0) is 17.7. The molecule has 0 heterocycles. The molecule has 0 radical (unpaired) electrons. The maximum atomic E-state index is 8.87. The fourth-order valence-corrected chi connectivity index (χ4v) is 3.95. The molecule has 0 rings (SSSR count). The Morgan fingerprint density at radius 2 is 1.04 bits per heavy atom. The first-order chi connectivity index (χ1) is 11.8. The predicted octanol–water partition coefficient (Wildman–Crippen LogP) is 7.53. The van der Waals surface area contributed by atoms with E-state index in [1.807, 2.05) is 11.8 Å². The summed E-state index contributed by atoms with van der Waals surface area (Å²) in [6, 6.07) is 0. The van der Waals surface area contributed by atoms with Gasteiger partial charge in [0.05, 0.1) is 6.61 Å². The molecule has 0 aliphatic carbocycles. The van der Waals surface area contributed by atoms with Gasteiger partial charge in [-0.3, -0.25) is 0 Å². The Morgan fingerprint density at radius 3 is 1.42 bits per heavy atom. The first-order valence-electron chi connectivity index (χ1n) is 10.7. The van der Waals surface area contributed by atoms with E-state index in [2.05, 4.69) is 13.5 Å². The second-order valence-corrected chi connectivity index (χ2v) is 8.37. The standard InChI is InChI=1S/C22H44OS/c1-3-4-5-6-7-8-9-10-11-12-13-14-15-16-17-18-19-24-21-22(2)20-23/h23H,2-21H2,1H3. The van der Waals surface area contributed by atoms with E-state index in [1.54, 1.807) is 0 Å². The zero-order valence-corrected chi connectivity index (χ0v) is 17.3. The third kappa shape index (κ3) is 20.1. The molecular weight excluding hydrogens is 312 g/mol. The second-order valence-electron chi connectivity index (χ2n) is 7.26. The molecule has 0 aromatic carbocycles. The van der Waals surface area contributed by atoms with Crippen LogP contribution >= 0.6 is 11.8 Å². The first-order valence-corrected chi connectivity index (χ1v) is 11.8. The van der Waals surface area contributed by atoms with Gasteiger partial charge in [-0.15, -0.1) is 0 Å². The minimum Gasteiger partial charge on any atom is -0.392 e. The van der Waals surface area contributed by atoms with Crippen molar-refractivity contribution in [2.24, 2.45) is 0 Å². The molecule has 2 heteroatoms. The van der Waals surface area contributed by atoms with Crippen LogP contribution in [0.15, 0.2) is 12.2 Å². The summed E-state index contributed by atoms with van der Waals surface area (Å²) in [4.78, 5) is 0. The molecule has 1 nitrogen and oxygen atoms in total. The molecule has 144 valence electrons. The van der Waals surface area contributed by atoms with Crippen LogP contribution in [0.1, 0.15) is 110 Å². The number of hydrogen-bond acceptors (Lipinski definition) is 2. The lowest BCUT2D eigenvalue weighted by atomic mass is 10.0. The molecule has 1 N–H and O–H groups in total. The molecule has 0 spiro atoms. The SMILES string of the molecule is C=C(CO)CSCCCCCCCCCCCCCCCCCC. The summed E-state index contributed by atoms with van der Waals surface area (Å²) in [5.41, 5.74) is 0.955. The van der Waals surface area contributed by atoms with Crippen LogP contribution in [0.25, 0.3) is 0 Å². The monoisotopic (exact) mass is 356 g/mol. The Hall–Kier alpha value is 0.0500. The van der Waals surface area contributed by atoms with E-state index in [-0.39, 0.29) is 6.61 Å². The summed E-state index contributed by atoms with van der Waals surface area (Å²) in [5.74, 6) is 2.15. The van der Waals surface area contributed by atoms with E-state index in [4.69, 9.17) is 5.11 Å². The fraction of sp³-hybridized carbons (Fsp3) is 0.909. The van der Waals surface area contributed by atoms with Crippen LogP contribution in [-0.4, -0.2) is 23.2 Å². The van der Waals surface area contributed by atoms with Crippen molar-refractivity contribution < 1.29 is 5.11 Å². The van der Waals surface area contributed by atoms with Crippen LogP contribution in [0.2, 0.25) is 0 Å². The molecule has 0 bridgehead atoms. The van der Waals surface area contributed by atoms with Crippen molar-refractivity contribution in [2.75, 3.05) is 18.1 Å². The van der Waals surface area contributed by atoms with Crippen LogP contribution < -0.4 is 0 Å². The second kappa shape index (κ2) is 21.1. The van der Waals surface area contributed by atoms with Gasteiger partial charge < -0.3 is 5.11 Å². The van der Waals surface area contributed by atoms with Gasteiger partial charge in [0, 0.05) is 5.75 Å². The largest absolute Gasteiger partial charge is 0.392 e. The number of aliphatic hydroxyl groups is 1. The van der Waals surface area contributed by atoms with Gasteiger partial charge in [0.25, 0.3) is 0 Å². The predicted molar refractivity (Wildman–Crippen MR) is 113 cm³/mol. The third-order valence-corrected chi connectivity index (χ3v) is 5.86. The van der Waals surface area contributed by atoms with Crippen LogP contribution in [0, 0.1) is 0 Å². The molecular formula is C22H44OS. The minimum absolute atomic E-state index is 0.145. The topological polar surface area (TPSA) is 20.2 Å². The van der Waals surface area contributed by atoms with E-state index in [9.17, 15) is 0 Å². The van der Waals surface area contributed by atoms with Gasteiger partial charge >= 0.3 is 0 Å². The minimum atomic E-state index is 0.145. The number of unbranched alkanes of at least 4 members (excludes halogenated alkanes) is 15. The van der Waals surface area contributed by atoms with Gasteiger partial charge in [-0.1, -0.05) is 110 Å². The summed E-state index contributed by atoms with van der Waals surface area (Å²) in [5, 5.41) is 8.87. The third-order valence-electron chi connectivity index (χ3n) is 4.67. The van der Waals surface area contributed by atoms with Gasteiger partial charge in [0.15, 0.2) is 0 Å². The van der Waals surface area contributed by atoms with Crippen LogP contribution in [0.4, 0.5) is 0 Å². The lowest BCUT2D eigenvalue weighted by Crippen LogP contribution is -1.92. The molecule has 0 aromatic rings. The summed E-state index contributed by atoms with van der Waals surface area (Å²) in [6.45, 7) is 6.25. The Morgan fingerprint density at radius 1 is 0.667 bits per heavy atom. The molecule has 0 amide bonds. The maximum Gasteiger partial charge on any atom is 0.0647 e. The van der Waals surface area contributed by atoms with Gasteiger partial charge in [0.2, 0.25) is 0 Å². The molecule has 0 saturated carbocycles. The quantitative estimate of drug-likeness (QED) is 0.180. The van der Waals surface area contributed by atoms with Gasteiger partial charge in [-0.2, -0.15) is 11.8 Å². The average molecular weight is 357 g/mol. The van der Waals surface area contributed by atoms with Crippen molar-refractivity contribution in [2.45, 2.75) is 110 Å². The van der Waals surface area contributed by atoms with Crippen molar-refractivity contribution in [3.63, 3.8) is 0 Å². The highest BCUT2D eigenvalue weighted by molar-refractivity contribution is 7.99. The highest BCUT2D eigenvalue weighted by atomic mass is 32.2. The van der Waals surface area contributed by atoms with Crippen LogP contribution in [0.5, 0.6) is 0 Å². The molecule has 0 aliphatic heterocycles. The van der Waals surface area contributed by atoms with E-state index in [1.165, 1.54) is 108 Å². The summed E-state index contributed by atoms with van der Waals surface area (Å²) in [6.07, 6.45) is 22.9. The van der Waals surface area contributed by atoms with Crippen molar-refractivity contribution >= 4 is 11.8 Å². The van der Waals surface area contributed by atoms with Crippen molar-refractivity contribution in [1.82, 2.24) is 0 Å². The van der Waals surface area contributed by atoms with Crippen LogP contribution in [-0.2, 0) is 0 Å². The van der Waals surface area contributed by atoms with Gasteiger partial charge in [-0.05, 0) is 17.7 Å². The first kappa shape index (κ1) is 24.1.